The highest BCUT2D eigenvalue weighted by atomic mass is 16.8. The minimum absolute atomic E-state index is 0.0867. The summed E-state index contributed by atoms with van der Waals surface area (Å²) in [6, 6.07) is 0. The fraction of sp³-hybridized carbons (Fsp3) is 0.692. The van der Waals surface area contributed by atoms with Crippen LogP contribution in [-0.2, 0) is 18.9 Å². The van der Waals surface area contributed by atoms with E-state index < -0.39 is 5.79 Å². The molecule has 0 spiro atoms. The van der Waals surface area contributed by atoms with Gasteiger partial charge in [0, 0.05) is 0 Å². The van der Waals surface area contributed by atoms with E-state index in [4.69, 9.17) is 24.4 Å². The fourth-order valence-electron chi connectivity index (χ4n) is 3.19. The zero-order valence-corrected chi connectivity index (χ0v) is 10.8. The van der Waals surface area contributed by atoms with Gasteiger partial charge in [-0.3, -0.25) is 5.41 Å². The number of nitrogens with one attached hydrogen (secondary N) is 1. The van der Waals surface area contributed by atoms with Crippen molar-refractivity contribution < 1.29 is 18.9 Å². The highest BCUT2D eigenvalue weighted by Crippen LogP contribution is 2.43. The number of amidine groups is 1. The summed E-state index contributed by atoms with van der Waals surface area (Å²) in [6.07, 6.45) is 3.12. The topological polar surface area (TPSA) is 73.1 Å². The Labute approximate surface area is 110 Å². The van der Waals surface area contributed by atoms with Crippen molar-refractivity contribution in [2.45, 2.75) is 44.1 Å². The molecule has 0 aromatic carbocycles. The van der Waals surface area contributed by atoms with Crippen LogP contribution in [0.1, 0.15) is 13.8 Å². The Morgan fingerprint density at radius 2 is 2.05 bits per heavy atom. The quantitative estimate of drug-likeness (QED) is 0.704. The smallest absolute Gasteiger partial charge is 0.199 e. The van der Waals surface area contributed by atoms with Crippen LogP contribution in [0.15, 0.2) is 17.1 Å². The van der Waals surface area contributed by atoms with Crippen LogP contribution in [0.25, 0.3) is 0 Å². The van der Waals surface area contributed by atoms with Crippen LogP contribution in [0.5, 0.6) is 0 Å². The minimum atomic E-state index is -0.581. The lowest BCUT2D eigenvalue weighted by molar-refractivity contribution is -0.188. The maximum absolute atomic E-state index is 7.58. The van der Waals surface area contributed by atoms with Crippen LogP contribution < -0.4 is 0 Å². The summed E-state index contributed by atoms with van der Waals surface area (Å²) in [6.45, 7) is 4.23. The first kappa shape index (κ1) is 11.6. The molecule has 4 aliphatic rings. The maximum atomic E-state index is 7.58. The van der Waals surface area contributed by atoms with Crippen molar-refractivity contribution in [2.75, 3.05) is 6.61 Å². The van der Waals surface area contributed by atoms with Crippen molar-refractivity contribution in [1.82, 2.24) is 0 Å². The van der Waals surface area contributed by atoms with Crippen LogP contribution in [0.3, 0.4) is 0 Å². The molecule has 19 heavy (non-hydrogen) atoms. The number of dihydropyridines is 1. The molecule has 0 radical (unpaired) electrons. The van der Waals surface area contributed by atoms with E-state index in [2.05, 4.69) is 4.99 Å². The van der Waals surface area contributed by atoms with E-state index in [9.17, 15) is 0 Å². The van der Waals surface area contributed by atoms with Crippen molar-refractivity contribution in [3.8, 4) is 0 Å². The monoisotopic (exact) mass is 264 g/mol. The van der Waals surface area contributed by atoms with Crippen LogP contribution in [-0.4, -0.2) is 48.5 Å². The SMILES string of the molecule is CC1(C)OC2C(O1)[C@H]1COC3=NC(=N)C=CC3[C@@H]2O1. The molecule has 102 valence electrons. The average molecular weight is 264 g/mol. The first-order valence-electron chi connectivity index (χ1n) is 6.53. The van der Waals surface area contributed by atoms with Crippen LogP contribution in [0.2, 0.25) is 0 Å². The lowest BCUT2D eigenvalue weighted by Crippen LogP contribution is -2.41. The second-order valence-corrected chi connectivity index (χ2v) is 5.74. The molecule has 3 fully saturated rings. The van der Waals surface area contributed by atoms with Gasteiger partial charge in [-0.05, 0) is 19.9 Å². The standard InChI is InChI=1S/C13H16N2O4/c1-13(2)18-10-7-5-16-12-6(3-4-8(14)15-12)9(17-7)11(10)19-13/h3-4,6-7,9-11,14H,5H2,1-2H3/t6?,7-,9+,10?,11?/m1/s1. The van der Waals surface area contributed by atoms with Gasteiger partial charge in [0.25, 0.3) is 0 Å². The number of aliphatic imine (C=N–C) groups is 1. The summed E-state index contributed by atoms with van der Waals surface area (Å²) in [7, 11) is 0. The predicted molar refractivity (Wildman–Crippen MR) is 66.2 cm³/mol. The molecule has 6 nitrogen and oxygen atoms in total. The number of hydrogen-bond acceptors (Lipinski definition) is 5. The summed E-state index contributed by atoms with van der Waals surface area (Å²) >= 11 is 0. The van der Waals surface area contributed by atoms with E-state index in [-0.39, 0.29) is 36.2 Å². The lowest BCUT2D eigenvalue weighted by atomic mass is 9.93. The molecule has 6 heteroatoms. The molecule has 5 atom stereocenters. The summed E-state index contributed by atoms with van der Waals surface area (Å²) in [5, 5.41) is 7.58. The molecular formula is C13H16N2O4. The highest BCUT2D eigenvalue weighted by Gasteiger charge is 2.59. The van der Waals surface area contributed by atoms with Gasteiger partial charge in [-0.15, -0.1) is 0 Å². The number of nitrogens with zero attached hydrogens (tertiary/aromatic N) is 1. The van der Waals surface area contributed by atoms with E-state index in [1.165, 1.54) is 0 Å². The van der Waals surface area contributed by atoms with Gasteiger partial charge in [0.05, 0.1) is 5.92 Å². The van der Waals surface area contributed by atoms with Crippen molar-refractivity contribution in [2.24, 2.45) is 10.9 Å². The zero-order chi connectivity index (χ0) is 13.2. The van der Waals surface area contributed by atoms with Crippen molar-refractivity contribution >= 4 is 11.7 Å². The van der Waals surface area contributed by atoms with Gasteiger partial charge in [-0.2, -0.15) is 4.99 Å². The summed E-state index contributed by atoms with van der Waals surface area (Å²) in [4.78, 5) is 4.15. The third-order valence-corrected chi connectivity index (χ3v) is 3.91. The number of ether oxygens (including phenoxy) is 4. The molecule has 2 bridgehead atoms. The Morgan fingerprint density at radius 3 is 2.89 bits per heavy atom. The Bertz CT molecular complexity index is 499. The molecule has 4 aliphatic heterocycles. The summed E-state index contributed by atoms with van der Waals surface area (Å²) < 4.78 is 23.6. The first-order chi connectivity index (χ1) is 9.03. The van der Waals surface area contributed by atoms with Gasteiger partial charge in [-0.25, -0.2) is 0 Å². The van der Waals surface area contributed by atoms with E-state index in [0.29, 0.717) is 12.5 Å². The average Bonchev–Trinajstić information content (AvgIpc) is 2.73. The minimum Gasteiger partial charge on any atom is -0.477 e. The predicted octanol–water partition coefficient (Wildman–Crippen LogP) is 0.866. The zero-order valence-electron chi connectivity index (χ0n) is 10.8. The van der Waals surface area contributed by atoms with Gasteiger partial charge in [0.15, 0.2) is 11.7 Å². The first-order valence-corrected chi connectivity index (χ1v) is 6.53. The van der Waals surface area contributed by atoms with E-state index in [0.717, 1.165) is 0 Å². The van der Waals surface area contributed by atoms with Gasteiger partial charge in [-0.1, -0.05) is 6.08 Å². The molecule has 0 amide bonds. The van der Waals surface area contributed by atoms with Crippen LogP contribution in [0, 0.1) is 11.3 Å². The molecular weight excluding hydrogens is 248 g/mol. The maximum Gasteiger partial charge on any atom is 0.199 e. The number of rotatable bonds is 0. The van der Waals surface area contributed by atoms with Gasteiger partial charge >= 0.3 is 0 Å². The Hall–Kier alpha value is -1.24. The molecule has 0 saturated carbocycles. The van der Waals surface area contributed by atoms with E-state index in [1.807, 2.05) is 19.9 Å². The van der Waals surface area contributed by atoms with Crippen LogP contribution >= 0.6 is 0 Å². The fourth-order valence-corrected chi connectivity index (χ4v) is 3.19. The lowest BCUT2D eigenvalue weighted by Gasteiger charge is -2.26. The molecule has 1 N–H and O–H groups in total. The highest BCUT2D eigenvalue weighted by molar-refractivity contribution is 6.03. The van der Waals surface area contributed by atoms with Crippen molar-refractivity contribution in [3.05, 3.63) is 12.2 Å². The molecule has 3 saturated heterocycles. The molecule has 0 aromatic rings. The Morgan fingerprint density at radius 1 is 1.26 bits per heavy atom. The van der Waals surface area contributed by atoms with Gasteiger partial charge in [0.1, 0.15) is 36.9 Å². The number of fused-ring (bicyclic) bond motifs is 7. The summed E-state index contributed by atoms with van der Waals surface area (Å²) in [5.41, 5.74) is 0. The third-order valence-electron chi connectivity index (χ3n) is 3.91. The third kappa shape index (κ3) is 1.67. The van der Waals surface area contributed by atoms with Crippen molar-refractivity contribution in [3.63, 3.8) is 0 Å². The van der Waals surface area contributed by atoms with Gasteiger partial charge in [0.2, 0.25) is 0 Å². The normalized spacial score (nSPS) is 46.1. The van der Waals surface area contributed by atoms with E-state index >= 15 is 0 Å². The van der Waals surface area contributed by atoms with Gasteiger partial charge < -0.3 is 18.9 Å². The second-order valence-electron chi connectivity index (χ2n) is 5.74. The molecule has 4 rings (SSSR count). The Kier molecular flexibility index (Phi) is 2.23. The molecule has 4 heterocycles. The molecule has 0 aliphatic carbocycles. The molecule has 3 unspecified atom stereocenters. The molecule has 0 aromatic heterocycles. The largest absolute Gasteiger partial charge is 0.477 e. The second kappa shape index (κ2) is 3.65. The number of hydrogen-bond donors (Lipinski definition) is 1. The summed E-state index contributed by atoms with van der Waals surface area (Å²) in [5.74, 6) is 0.102. The van der Waals surface area contributed by atoms with E-state index in [1.54, 1.807) is 6.08 Å². The van der Waals surface area contributed by atoms with Crippen LogP contribution in [0.4, 0.5) is 0 Å². The Balaban J connectivity index is 1.69. The van der Waals surface area contributed by atoms with Crippen molar-refractivity contribution in [1.29, 1.82) is 5.41 Å².